The van der Waals surface area contributed by atoms with Gasteiger partial charge in [-0.25, -0.2) is 4.98 Å². The molecule has 0 aliphatic carbocycles. The smallest absolute Gasteiger partial charge is 0.301 e. The van der Waals surface area contributed by atoms with Crippen molar-refractivity contribution >= 4 is 15.9 Å². The number of rotatable bonds is 6. The first-order valence-corrected chi connectivity index (χ1v) is 8.41. The van der Waals surface area contributed by atoms with Crippen molar-refractivity contribution in [3.63, 3.8) is 0 Å². The zero-order valence-corrected chi connectivity index (χ0v) is 13.2. The largest absolute Gasteiger partial charge is 0.481 e. The minimum atomic E-state index is -3.51. The average Bonchev–Trinajstić information content (AvgIpc) is 2.48. The predicted octanol–water partition coefficient (Wildman–Crippen LogP) is 0.678. The quantitative estimate of drug-likeness (QED) is 0.807. The summed E-state index contributed by atoms with van der Waals surface area (Å²) in [4.78, 5) is 3.99. The monoisotopic (exact) mass is 314 g/mol. The number of pyridine rings is 1. The summed E-state index contributed by atoms with van der Waals surface area (Å²) in [7, 11) is -0.0789. The molecule has 0 radical (unpaired) electrons. The van der Waals surface area contributed by atoms with E-state index >= 15 is 0 Å². The van der Waals surface area contributed by atoms with Gasteiger partial charge in [0, 0.05) is 19.2 Å². The summed E-state index contributed by atoms with van der Waals surface area (Å²) in [5, 5.41) is 3.14. The van der Waals surface area contributed by atoms with Crippen LogP contribution in [-0.2, 0) is 10.2 Å². The van der Waals surface area contributed by atoms with Crippen LogP contribution < -0.4 is 14.8 Å². The summed E-state index contributed by atoms with van der Waals surface area (Å²) >= 11 is 0. The SMILES string of the molecule is CNCC1CCN(S(=O)(=O)Nc2ccc(OC)nc2)CC1. The number of piperidine rings is 1. The van der Waals surface area contributed by atoms with E-state index < -0.39 is 10.2 Å². The Morgan fingerprint density at radius 2 is 2.10 bits per heavy atom. The number of nitrogens with zero attached hydrogens (tertiary/aromatic N) is 2. The third-order valence-electron chi connectivity index (χ3n) is 3.60. The van der Waals surface area contributed by atoms with Crippen LogP contribution in [0.15, 0.2) is 18.3 Å². The standard InChI is InChI=1S/C13H22N4O3S/c1-14-9-11-5-7-17(8-6-11)21(18,19)16-12-3-4-13(20-2)15-10-12/h3-4,10-11,14,16H,5-9H2,1-2H3. The van der Waals surface area contributed by atoms with Gasteiger partial charge in [0.15, 0.2) is 0 Å². The van der Waals surface area contributed by atoms with E-state index in [2.05, 4.69) is 15.0 Å². The van der Waals surface area contributed by atoms with Crippen molar-refractivity contribution in [2.24, 2.45) is 5.92 Å². The Kier molecular flexibility index (Phi) is 5.38. The minimum absolute atomic E-state index is 0.438. The number of nitrogens with one attached hydrogen (secondary N) is 2. The van der Waals surface area contributed by atoms with Crippen molar-refractivity contribution in [3.05, 3.63) is 18.3 Å². The van der Waals surface area contributed by atoms with E-state index in [1.807, 2.05) is 7.05 Å². The third kappa shape index (κ3) is 4.29. The summed E-state index contributed by atoms with van der Waals surface area (Å²) in [6, 6.07) is 3.26. The molecule has 0 amide bonds. The van der Waals surface area contributed by atoms with Gasteiger partial charge in [0.1, 0.15) is 0 Å². The van der Waals surface area contributed by atoms with Gasteiger partial charge in [-0.2, -0.15) is 12.7 Å². The topological polar surface area (TPSA) is 83.6 Å². The first-order valence-electron chi connectivity index (χ1n) is 6.97. The molecule has 1 aliphatic heterocycles. The van der Waals surface area contributed by atoms with E-state index in [4.69, 9.17) is 4.74 Å². The first-order chi connectivity index (χ1) is 10.0. The Hall–Kier alpha value is -1.38. The van der Waals surface area contributed by atoms with Crippen molar-refractivity contribution in [1.29, 1.82) is 0 Å². The molecule has 2 rings (SSSR count). The number of methoxy groups -OCH3 is 1. The fraction of sp³-hybridized carbons (Fsp3) is 0.615. The van der Waals surface area contributed by atoms with Gasteiger partial charge in [-0.15, -0.1) is 0 Å². The van der Waals surface area contributed by atoms with Crippen LogP contribution >= 0.6 is 0 Å². The maximum Gasteiger partial charge on any atom is 0.301 e. The van der Waals surface area contributed by atoms with E-state index in [1.165, 1.54) is 17.6 Å². The fourth-order valence-electron chi connectivity index (χ4n) is 2.42. The van der Waals surface area contributed by atoms with Gasteiger partial charge in [0.05, 0.1) is 19.0 Å². The Morgan fingerprint density at radius 1 is 1.38 bits per heavy atom. The summed E-state index contributed by atoms with van der Waals surface area (Å²) < 4.78 is 33.6. The second-order valence-electron chi connectivity index (χ2n) is 5.10. The Balaban J connectivity index is 1.95. The van der Waals surface area contributed by atoms with Crippen LogP contribution in [0.4, 0.5) is 5.69 Å². The van der Waals surface area contributed by atoms with Crippen molar-refractivity contribution < 1.29 is 13.2 Å². The molecular weight excluding hydrogens is 292 g/mol. The van der Waals surface area contributed by atoms with Crippen LogP contribution in [0, 0.1) is 5.92 Å². The molecule has 1 aromatic heterocycles. The minimum Gasteiger partial charge on any atom is -0.481 e. The van der Waals surface area contributed by atoms with Crippen molar-refractivity contribution in [3.8, 4) is 5.88 Å². The number of ether oxygens (including phenoxy) is 1. The first kappa shape index (κ1) is 16.0. The molecule has 0 atom stereocenters. The Morgan fingerprint density at radius 3 is 2.62 bits per heavy atom. The van der Waals surface area contributed by atoms with Gasteiger partial charge < -0.3 is 10.1 Å². The van der Waals surface area contributed by atoms with Crippen LogP contribution in [-0.4, -0.2) is 51.5 Å². The number of anilines is 1. The summed E-state index contributed by atoms with van der Waals surface area (Å²) in [5.74, 6) is 0.995. The van der Waals surface area contributed by atoms with E-state index in [1.54, 1.807) is 12.1 Å². The lowest BCUT2D eigenvalue weighted by atomic mass is 9.98. The summed E-state index contributed by atoms with van der Waals surface area (Å²) in [6.45, 7) is 2.03. The molecule has 8 heteroatoms. The molecule has 0 spiro atoms. The van der Waals surface area contributed by atoms with Gasteiger partial charge >= 0.3 is 10.2 Å². The van der Waals surface area contributed by atoms with Crippen LogP contribution in [0.5, 0.6) is 5.88 Å². The molecule has 2 N–H and O–H groups in total. The summed E-state index contributed by atoms with van der Waals surface area (Å²) in [6.07, 6.45) is 3.20. The van der Waals surface area contributed by atoms with E-state index in [9.17, 15) is 8.42 Å². The van der Waals surface area contributed by atoms with E-state index in [0.717, 1.165) is 19.4 Å². The Bertz CT molecular complexity index is 539. The molecule has 118 valence electrons. The highest BCUT2D eigenvalue weighted by Gasteiger charge is 2.27. The van der Waals surface area contributed by atoms with Gasteiger partial charge in [-0.3, -0.25) is 4.72 Å². The van der Waals surface area contributed by atoms with Gasteiger partial charge in [-0.1, -0.05) is 0 Å². The molecule has 1 aliphatic rings. The predicted molar refractivity (Wildman–Crippen MR) is 81.6 cm³/mol. The highest BCUT2D eigenvalue weighted by Crippen LogP contribution is 2.20. The fourth-order valence-corrected chi connectivity index (χ4v) is 3.66. The van der Waals surface area contributed by atoms with Crippen molar-refractivity contribution in [2.75, 3.05) is 38.5 Å². The molecular formula is C13H22N4O3S. The molecule has 21 heavy (non-hydrogen) atoms. The highest BCUT2D eigenvalue weighted by atomic mass is 32.2. The molecule has 7 nitrogen and oxygen atoms in total. The number of aromatic nitrogens is 1. The number of hydrogen-bond acceptors (Lipinski definition) is 5. The van der Waals surface area contributed by atoms with Crippen LogP contribution in [0.2, 0.25) is 0 Å². The maximum absolute atomic E-state index is 12.3. The maximum atomic E-state index is 12.3. The lowest BCUT2D eigenvalue weighted by Gasteiger charge is -2.31. The second-order valence-corrected chi connectivity index (χ2v) is 6.77. The second kappa shape index (κ2) is 7.06. The average molecular weight is 314 g/mol. The van der Waals surface area contributed by atoms with Gasteiger partial charge in [0.2, 0.25) is 5.88 Å². The molecule has 0 unspecified atom stereocenters. The van der Waals surface area contributed by atoms with Gasteiger partial charge in [-0.05, 0) is 38.4 Å². The lowest BCUT2D eigenvalue weighted by molar-refractivity contribution is 0.272. The molecule has 0 aromatic carbocycles. The van der Waals surface area contributed by atoms with E-state index in [-0.39, 0.29) is 0 Å². The van der Waals surface area contributed by atoms with E-state index in [0.29, 0.717) is 30.6 Å². The van der Waals surface area contributed by atoms with Crippen LogP contribution in [0.1, 0.15) is 12.8 Å². The number of hydrogen-bond donors (Lipinski definition) is 2. The van der Waals surface area contributed by atoms with Crippen molar-refractivity contribution in [1.82, 2.24) is 14.6 Å². The molecule has 0 bridgehead atoms. The zero-order chi connectivity index (χ0) is 15.3. The molecule has 2 heterocycles. The van der Waals surface area contributed by atoms with Gasteiger partial charge in [0.25, 0.3) is 0 Å². The van der Waals surface area contributed by atoms with Crippen LogP contribution in [0.25, 0.3) is 0 Å². The zero-order valence-electron chi connectivity index (χ0n) is 12.4. The summed E-state index contributed by atoms with van der Waals surface area (Å²) in [5.41, 5.74) is 0.438. The van der Waals surface area contributed by atoms with Crippen molar-refractivity contribution in [2.45, 2.75) is 12.8 Å². The lowest BCUT2D eigenvalue weighted by Crippen LogP contribution is -2.43. The third-order valence-corrected chi connectivity index (χ3v) is 5.14. The molecule has 0 saturated carbocycles. The Labute approximate surface area is 125 Å². The molecule has 1 aromatic rings. The normalized spacial score (nSPS) is 17.6. The molecule has 1 fully saturated rings. The highest BCUT2D eigenvalue weighted by molar-refractivity contribution is 7.90. The molecule has 1 saturated heterocycles. The van der Waals surface area contributed by atoms with Crippen LogP contribution in [0.3, 0.4) is 0 Å².